The Morgan fingerprint density at radius 3 is 2.74 bits per heavy atom. The van der Waals surface area contributed by atoms with Crippen LogP contribution in [-0.2, 0) is 22.3 Å². The fourth-order valence-corrected chi connectivity index (χ4v) is 5.67. The van der Waals surface area contributed by atoms with Crippen molar-refractivity contribution in [3.63, 3.8) is 0 Å². The van der Waals surface area contributed by atoms with Crippen molar-refractivity contribution in [2.75, 3.05) is 19.8 Å². The van der Waals surface area contributed by atoms with Gasteiger partial charge in [0, 0.05) is 29.1 Å². The molecule has 126 valence electrons. The summed E-state index contributed by atoms with van der Waals surface area (Å²) in [4.78, 5) is 15.0. The Bertz CT molecular complexity index is 594. The Hall–Kier alpha value is -0.910. The smallest absolute Gasteiger partial charge is 0.252 e. The molecule has 2 fully saturated rings. The number of carbonyl (C=O) groups excluding carboxylic acids is 1. The third-order valence-electron chi connectivity index (χ3n) is 5.57. The SMILES string of the molecule is Cc1c(CC2CCC3(CC2)OCCO3)sc2c1C(=O)NCCC2. The Kier molecular flexibility index (Phi) is 4.20. The molecule has 1 N–H and O–H groups in total. The van der Waals surface area contributed by atoms with Gasteiger partial charge < -0.3 is 14.8 Å². The van der Waals surface area contributed by atoms with E-state index in [0.29, 0.717) is 5.92 Å². The van der Waals surface area contributed by atoms with E-state index in [0.717, 1.165) is 70.3 Å². The van der Waals surface area contributed by atoms with Gasteiger partial charge >= 0.3 is 0 Å². The molecule has 0 aromatic carbocycles. The lowest BCUT2D eigenvalue weighted by atomic mass is 9.82. The minimum absolute atomic E-state index is 0.132. The second-order valence-corrected chi connectivity index (χ2v) is 8.25. The summed E-state index contributed by atoms with van der Waals surface area (Å²) in [5.74, 6) is 0.559. The molecular formula is C18H25NO3S. The molecule has 1 spiro atoms. The largest absolute Gasteiger partial charge is 0.352 e. The number of fused-ring (bicyclic) bond motifs is 1. The van der Waals surface area contributed by atoms with Crippen LogP contribution in [0.15, 0.2) is 0 Å². The van der Waals surface area contributed by atoms with Crippen LogP contribution < -0.4 is 5.32 Å². The maximum atomic E-state index is 12.3. The second-order valence-electron chi connectivity index (χ2n) is 7.06. The molecule has 1 saturated heterocycles. The Morgan fingerprint density at radius 2 is 2.00 bits per heavy atom. The summed E-state index contributed by atoms with van der Waals surface area (Å²) in [5.41, 5.74) is 2.19. The first-order valence-corrected chi connectivity index (χ1v) is 9.66. The third-order valence-corrected chi connectivity index (χ3v) is 6.94. The maximum absolute atomic E-state index is 12.3. The number of amides is 1. The van der Waals surface area contributed by atoms with Gasteiger partial charge in [-0.2, -0.15) is 0 Å². The number of nitrogens with one attached hydrogen (secondary N) is 1. The van der Waals surface area contributed by atoms with Crippen molar-refractivity contribution in [3.8, 4) is 0 Å². The summed E-state index contributed by atoms with van der Waals surface area (Å²) in [6.45, 7) is 4.43. The molecule has 3 heterocycles. The lowest BCUT2D eigenvalue weighted by molar-refractivity contribution is -0.182. The van der Waals surface area contributed by atoms with E-state index in [9.17, 15) is 4.79 Å². The number of aryl methyl sites for hydroxylation is 1. The molecule has 1 aromatic rings. The Balaban J connectivity index is 1.46. The van der Waals surface area contributed by atoms with Gasteiger partial charge in [-0.05, 0) is 50.5 Å². The van der Waals surface area contributed by atoms with Crippen molar-refractivity contribution in [1.82, 2.24) is 5.32 Å². The van der Waals surface area contributed by atoms with Crippen LogP contribution in [0.3, 0.4) is 0 Å². The standard InChI is InChI=1S/C18H25NO3S/c1-12-15(23-14-3-2-8-19-17(20)16(12)14)11-13-4-6-18(7-5-13)21-9-10-22-18/h13H,2-11H2,1H3,(H,19,20). The van der Waals surface area contributed by atoms with Crippen molar-refractivity contribution in [1.29, 1.82) is 0 Å². The zero-order chi connectivity index (χ0) is 15.9. The molecule has 1 amide bonds. The molecule has 1 aromatic heterocycles. The van der Waals surface area contributed by atoms with Gasteiger partial charge in [-0.15, -0.1) is 11.3 Å². The first kappa shape index (κ1) is 15.6. The van der Waals surface area contributed by atoms with Crippen LogP contribution >= 0.6 is 11.3 Å². The molecular weight excluding hydrogens is 310 g/mol. The maximum Gasteiger partial charge on any atom is 0.252 e. The quantitative estimate of drug-likeness (QED) is 0.903. The summed E-state index contributed by atoms with van der Waals surface area (Å²) in [6, 6.07) is 0. The fraction of sp³-hybridized carbons (Fsp3) is 0.722. The van der Waals surface area contributed by atoms with Crippen LogP contribution in [0.4, 0.5) is 0 Å². The van der Waals surface area contributed by atoms with E-state index in [2.05, 4.69) is 12.2 Å². The first-order chi connectivity index (χ1) is 11.2. The van der Waals surface area contributed by atoms with Gasteiger partial charge in [0.2, 0.25) is 0 Å². The first-order valence-electron chi connectivity index (χ1n) is 8.84. The number of hydrogen-bond donors (Lipinski definition) is 1. The van der Waals surface area contributed by atoms with Crippen molar-refractivity contribution >= 4 is 17.2 Å². The molecule has 0 radical (unpaired) electrons. The molecule has 4 nitrogen and oxygen atoms in total. The zero-order valence-electron chi connectivity index (χ0n) is 13.8. The van der Waals surface area contributed by atoms with Crippen molar-refractivity contribution in [2.45, 2.75) is 57.7 Å². The molecule has 1 aliphatic carbocycles. The van der Waals surface area contributed by atoms with Crippen LogP contribution in [0.25, 0.3) is 0 Å². The minimum Gasteiger partial charge on any atom is -0.352 e. The van der Waals surface area contributed by atoms with Crippen LogP contribution in [0.2, 0.25) is 0 Å². The van der Waals surface area contributed by atoms with E-state index in [1.807, 2.05) is 11.3 Å². The van der Waals surface area contributed by atoms with Crippen molar-refractivity contribution < 1.29 is 14.3 Å². The predicted octanol–water partition coefficient (Wildman–Crippen LogP) is 3.21. The van der Waals surface area contributed by atoms with Gasteiger partial charge in [-0.1, -0.05) is 0 Å². The van der Waals surface area contributed by atoms with Crippen LogP contribution in [0.5, 0.6) is 0 Å². The Labute approximate surface area is 141 Å². The van der Waals surface area contributed by atoms with Gasteiger partial charge in [-0.25, -0.2) is 0 Å². The normalized spacial score (nSPS) is 24.5. The average Bonchev–Trinajstić information content (AvgIpc) is 3.06. The van der Waals surface area contributed by atoms with E-state index in [1.165, 1.54) is 15.3 Å². The fourth-order valence-electron chi connectivity index (χ4n) is 4.20. The third kappa shape index (κ3) is 2.94. The summed E-state index contributed by atoms with van der Waals surface area (Å²) >= 11 is 1.87. The van der Waals surface area contributed by atoms with E-state index >= 15 is 0 Å². The summed E-state index contributed by atoms with van der Waals surface area (Å²) in [5, 5.41) is 3.03. The van der Waals surface area contributed by atoms with Gasteiger partial charge in [0.15, 0.2) is 5.79 Å². The van der Waals surface area contributed by atoms with Gasteiger partial charge in [0.25, 0.3) is 5.91 Å². The predicted molar refractivity (Wildman–Crippen MR) is 90.0 cm³/mol. The highest BCUT2D eigenvalue weighted by atomic mass is 32.1. The number of rotatable bonds is 2. The lowest BCUT2D eigenvalue weighted by Gasteiger charge is -2.35. The zero-order valence-corrected chi connectivity index (χ0v) is 14.6. The molecule has 0 unspecified atom stereocenters. The highest BCUT2D eigenvalue weighted by molar-refractivity contribution is 7.12. The molecule has 0 atom stereocenters. The summed E-state index contributed by atoms with van der Waals surface area (Å²) in [6.07, 6.45) is 7.55. The average molecular weight is 335 g/mol. The Morgan fingerprint density at radius 1 is 1.26 bits per heavy atom. The van der Waals surface area contributed by atoms with Crippen molar-refractivity contribution in [3.05, 3.63) is 20.9 Å². The van der Waals surface area contributed by atoms with Gasteiger partial charge in [-0.3, -0.25) is 4.79 Å². The molecule has 1 saturated carbocycles. The highest BCUT2D eigenvalue weighted by Crippen LogP contribution is 2.41. The second kappa shape index (κ2) is 6.19. The molecule has 4 rings (SSSR count). The van der Waals surface area contributed by atoms with Crippen LogP contribution in [0, 0.1) is 12.8 Å². The molecule has 5 heteroatoms. The summed E-state index contributed by atoms with van der Waals surface area (Å²) in [7, 11) is 0. The summed E-state index contributed by atoms with van der Waals surface area (Å²) < 4.78 is 11.7. The van der Waals surface area contributed by atoms with Crippen LogP contribution in [0.1, 0.15) is 57.8 Å². The van der Waals surface area contributed by atoms with E-state index in [1.54, 1.807) is 0 Å². The van der Waals surface area contributed by atoms with E-state index < -0.39 is 0 Å². The van der Waals surface area contributed by atoms with Crippen LogP contribution in [-0.4, -0.2) is 31.5 Å². The molecule has 3 aliphatic rings. The van der Waals surface area contributed by atoms with Gasteiger partial charge in [0.05, 0.1) is 18.8 Å². The number of ether oxygens (including phenoxy) is 2. The number of carbonyl (C=O) groups is 1. The number of hydrogen-bond acceptors (Lipinski definition) is 4. The topological polar surface area (TPSA) is 47.6 Å². The number of thiophene rings is 1. The molecule has 2 aliphatic heterocycles. The lowest BCUT2D eigenvalue weighted by Crippen LogP contribution is -2.35. The van der Waals surface area contributed by atoms with E-state index in [-0.39, 0.29) is 11.7 Å². The monoisotopic (exact) mass is 335 g/mol. The van der Waals surface area contributed by atoms with Gasteiger partial charge in [0.1, 0.15) is 0 Å². The highest BCUT2D eigenvalue weighted by Gasteiger charge is 2.40. The molecule has 0 bridgehead atoms. The minimum atomic E-state index is -0.266. The van der Waals surface area contributed by atoms with Crippen molar-refractivity contribution in [2.24, 2.45) is 5.92 Å². The van der Waals surface area contributed by atoms with E-state index in [4.69, 9.17) is 9.47 Å². The molecule has 23 heavy (non-hydrogen) atoms.